The number of hydrogen-bond acceptors (Lipinski definition) is 1. The van der Waals surface area contributed by atoms with Gasteiger partial charge in [0, 0.05) is 24.8 Å². The van der Waals surface area contributed by atoms with Crippen molar-refractivity contribution in [3.8, 4) is 0 Å². The highest BCUT2D eigenvalue weighted by Gasteiger charge is 2.24. The molecule has 4 heteroatoms. The molecule has 0 radical (unpaired) electrons. The summed E-state index contributed by atoms with van der Waals surface area (Å²) in [5.41, 5.74) is 5.30. The first-order valence-corrected chi connectivity index (χ1v) is 9.09. The fourth-order valence-corrected chi connectivity index (χ4v) is 3.40. The lowest BCUT2D eigenvalue weighted by Crippen LogP contribution is -2.29. The van der Waals surface area contributed by atoms with E-state index >= 15 is 0 Å². The third-order valence-electron chi connectivity index (χ3n) is 5.23. The molecule has 1 heterocycles. The molecule has 3 nitrogen and oxygen atoms in total. The maximum absolute atomic E-state index is 14.2. The van der Waals surface area contributed by atoms with Crippen molar-refractivity contribution in [1.82, 2.24) is 9.47 Å². The summed E-state index contributed by atoms with van der Waals surface area (Å²) in [5.74, 6) is -0.305. The Morgan fingerprint density at radius 3 is 2.26 bits per heavy atom. The Morgan fingerprint density at radius 1 is 0.963 bits per heavy atom. The van der Waals surface area contributed by atoms with Gasteiger partial charge in [-0.3, -0.25) is 4.79 Å². The molecule has 0 saturated heterocycles. The Balaban J connectivity index is 1.96. The van der Waals surface area contributed by atoms with E-state index < -0.39 is 0 Å². The van der Waals surface area contributed by atoms with Gasteiger partial charge in [-0.05, 0) is 43.5 Å². The minimum absolute atomic E-state index is 0.0520. The van der Waals surface area contributed by atoms with Crippen molar-refractivity contribution in [3.63, 3.8) is 0 Å². The van der Waals surface area contributed by atoms with Gasteiger partial charge in [0.1, 0.15) is 11.5 Å². The largest absolute Gasteiger partial charge is 0.336 e. The zero-order valence-electron chi connectivity index (χ0n) is 16.3. The summed E-state index contributed by atoms with van der Waals surface area (Å²) in [4.78, 5) is 15.0. The van der Waals surface area contributed by atoms with Crippen LogP contribution in [0.1, 0.15) is 38.4 Å². The van der Waals surface area contributed by atoms with Crippen LogP contribution in [-0.4, -0.2) is 22.4 Å². The first kappa shape index (κ1) is 18.9. The average Bonchev–Trinajstić information content (AvgIpc) is 2.87. The van der Waals surface area contributed by atoms with Crippen LogP contribution in [0.3, 0.4) is 0 Å². The van der Waals surface area contributed by atoms with Gasteiger partial charge in [-0.15, -0.1) is 0 Å². The van der Waals surface area contributed by atoms with Gasteiger partial charge in [0.25, 0.3) is 5.91 Å². The van der Waals surface area contributed by atoms with Crippen molar-refractivity contribution < 1.29 is 9.18 Å². The third kappa shape index (κ3) is 3.80. The van der Waals surface area contributed by atoms with E-state index in [0.717, 1.165) is 22.4 Å². The first-order valence-electron chi connectivity index (χ1n) is 9.09. The highest BCUT2D eigenvalue weighted by Crippen LogP contribution is 2.25. The van der Waals surface area contributed by atoms with Gasteiger partial charge in [-0.2, -0.15) is 0 Å². The van der Waals surface area contributed by atoms with Crippen molar-refractivity contribution in [3.05, 3.63) is 94.1 Å². The lowest BCUT2D eigenvalue weighted by molar-refractivity contribution is 0.0773. The normalized spacial score (nSPS) is 10.9. The Bertz CT molecular complexity index is 960. The van der Waals surface area contributed by atoms with Crippen LogP contribution in [0.2, 0.25) is 0 Å². The summed E-state index contributed by atoms with van der Waals surface area (Å²) in [6, 6.07) is 16.6. The van der Waals surface area contributed by atoms with Crippen molar-refractivity contribution >= 4 is 5.91 Å². The molecule has 0 aliphatic rings. The van der Waals surface area contributed by atoms with Crippen LogP contribution in [-0.2, 0) is 13.1 Å². The summed E-state index contributed by atoms with van der Waals surface area (Å²) < 4.78 is 16.1. The molecule has 1 amide bonds. The van der Waals surface area contributed by atoms with Gasteiger partial charge in [0.05, 0.1) is 6.54 Å². The molecule has 0 saturated carbocycles. The number of hydrogen-bond donors (Lipinski definition) is 0. The number of halogens is 1. The number of carbonyl (C=O) groups is 1. The summed E-state index contributed by atoms with van der Waals surface area (Å²) in [5, 5.41) is 0. The second-order valence-corrected chi connectivity index (χ2v) is 7.01. The Hall–Kier alpha value is -2.88. The van der Waals surface area contributed by atoms with Crippen LogP contribution in [0.4, 0.5) is 4.39 Å². The molecule has 3 rings (SSSR count). The van der Waals surface area contributed by atoms with E-state index in [2.05, 4.69) is 0 Å². The predicted molar refractivity (Wildman–Crippen MR) is 106 cm³/mol. The van der Waals surface area contributed by atoms with E-state index in [1.165, 1.54) is 6.07 Å². The van der Waals surface area contributed by atoms with Gasteiger partial charge in [-0.25, -0.2) is 4.39 Å². The molecule has 0 bridgehead atoms. The summed E-state index contributed by atoms with van der Waals surface area (Å²) >= 11 is 0. The van der Waals surface area contributed by atoms with Gasteiger partial charge in [-0.1, -0.05) is 48.5 Å². The maximum atomic E-state index is 14.2. The SMILES string of the molecule is Cc1c(C)c(C(=O)N(C)Cc2ccccc2)n(Cc2ccccc2F)c1C. The minimum Gasteiger partial charge on any atom is -0.336 e. The molecule has 3 aromatic rings. The highest BCUT2D eigenvalue weighted by atomic mass is 19.1. The zero-order chi connectivity index (χ0) is 19.6. The molecule has 140 valence electrons. The Morgan fingerprint density at radius 2 is 1.59 bits per heavy atom. The average molecular weight is 364 g/mol. The summed E-state index contributed by atoms with van der Waals surface area (Å²) in [6.07, 6.45) is 0. The lowest BCUT2D eigenvalue weighted by atomic mass is 10.1. The smallest absolute Gasteiger partial charge is 0.270 e. The van der Waals surface area contributed by atoms with Crippen LogP contribution < -0.4 is 0 Å². The van der Waals surface area contributed by atoms with E-state index in [1.54, 1.807) is 24.1 Å². The van der Waals surface area contributed by atoms with Crippen LogP contribution in [0.25, 0.3) is 0 Å². The number of nitrogens with zero attached hydrogens (tertiary/aromatic N) is 2. The topological polar surface area (TPSA) is 25.2 Å². The number of amides is 1. The molecule has 0 atom stereocenters. The highest BCUT2D eigenvalue weighted by molar-refractivity contribution is 5.94. The van der Waals surface area contributed by atoms with Gasteiger partial charge < -0.3 is 9.47 Å². The van der Waals surface area contributed by atoms with E-state index in [1.807, 2.05) is 61.7 Å². The molecule has 27 heavy (non-hydrogen) atoms. The third-order valence-corrected chi connectivity index (χ3v) is 5.23. The molecule has 0 N–H and O–H groups in total. The summed E-state index contributed by atoms with van der Waals surface area (Å²) in [7, 11) is 1.81. The van der Waals surface area contributed by atoms with E-state index in [-0.39, 0.29) is 11.7 Å². The molecule has 0 aliphatic heterocycles. The van der Waals surface area contributed by atoms with Crippen molar-refractivity contribution in [2.75, 3.05) is 7.05 Å². The zero-order valence-corrected chi connectivity index (χ0v) is 16.3. The van der Waals surface area contributed by atoms with Gasteiger partial charge >= 0.3 is 0 Å². The second kappa shape index (κ2) is 7.78. The van der Waals surface area contributed by atoms with Crippen LogP contribution in [0.5, 0.6) is 0 Å². The van der Waals surface area contributed by atoms with Gasteiger partial charge in [0.2, 0.25) is 0 Å². The van der Waals surface area contributed by atoms with E-state index in [4.69, 9.17) is 0 Å². The van der Waals surface area contributed by atoms with Crippen molar-refractivity contribution in [2.24, 2.45) is 0 Å². The number of aromatic nitrogens is 1. The van der Waals surface area contributed by atoms with Crippen LogP contribution in [0, 0.1) is 26.6 Å². The lowest BCUT2D eigenvalue weighted by Gasteiger charge is -2.20. The van der Waals surface area contributed by atoms with Crippen LogP contribution >= 0.6 is 0 Å². The molecule has 0 aliphatic carbocycles. The second-order valence-electron chi connectivity index (χ2n) is 7.01. The van der Waals surface area contributed by atoms with Crippen LogP contribution in [0.15, 0.2) is 54.6 Å². The number of rotatable bonds is 5. The molecule has 0 unspecified atom stereocenters. The molecule has 2 aromatic carbocycles. The van der Waals surface area contributed by atoms with Gasteiger partial charge in [0.15, 0.2) is 0 Å². The molecular formula is C23H25FN2O. The monoisotopic (exact) mass is 364 g/mol. The molecule has 0 spiro atoms. The maximum Gasteiger partial charge on any atom is 0.270 e. The number of benzene rings is 2. The summed E-state index contributed by atoms with van der Waals surface area (Å²) in [6.45, 7) is 6.83. The molecular weight excluding hydrogens is 339 g/mol. The predicted octanol–water partition coefficient (Wildman–Crippen LogP) is 4.87. The standard InChI is InChI=1S/C23H25FN2O/c1-16-17(2)22(23(27)25(4)14-19-10-6-5-7-11-19)26(18(16)3)15-20-12-8-9-13-21(20)24/h5-13H,14-15H2,1-4H3. The van der Waals surface area contributed by atoms with E-state index in [9.17, 15) is 9.18 Å². The number of carbonyl (C=O) groups excluding carboxylic acids is 1. The minimum atomic E-state index is -0.253. The molecule has 1 aromatic heterocycles. The fraction of sp³-hybridized carbons (Fsp3) is 0.261. The quantitative estimate of drug-likeness (QED) is 0.634. The molecule has 0 fully saturated rings. The Kier molecular flexibility index (Phi) is 5.45. The fourth-order valence-electron chi connectivity index (χ4n) is 3.40. The Labute approximate surface area is 160 Å². The first-order chi connectivity index (χ1) is 12.9. The van der Waals surface area contributed by atoms with E-state index in [0.29, 0.717) is 24.3 Å². The van der Waals surface area contributed by atoms with Crippen molar-refractivity contribution in [2.45, 2.75) is 33.9 Å². The van der Waals surface area contributed by atoms with Crippen molar-refractivity contribution in [1.29, 1.82) is 0 Å².